The van der Waals surface area contributed by atoms with Crippen LogP contribution >= 0.6 is 0 Å². The average molecular weight is 300 g/mol. The summed E-state index contributed by atoms with van der Waals surface area (Å²) in [5.74, 6) is -0.408. The van der Waals surface area contributed by atoms with E-state index >= 15 is 0 Å². The van der Waals surface area contributed by atoms with Gasteiger partial charge in [-0.1, -0.05) is 30.3 Å². The summed E-state index contributed by atoms with van der Waals surface area (Å²) in [4.78, 5) is 12.0. The first-order chi connectivity index (χ1) is 10.5. The SMILES string of the molecule is Cc1cccc(NC(=O)CNC(C)c2ccccc2F)c1C. The van der Waals surface area contributed by atoms with Gasteiger partial charge in [-0.3, -0.25) is 4.79 Å². The van der Waals surface area contributed by atoms with Crippen molar-refractivity contribution in [3.05, 3.63) is 65.0 Å². The molecular weight excluding hydrogens is 279 g/mol. The van der Waals surface area contributed by atoms with Crippen LogP contribution in [0.4, 0.5) is 10.1 Å². The molecule has 22 heavy (non-hydrogen) atoms. The highest BCUT2D eigenvalue weighted by atomic mass is 19.1. The summed E-state index contributed by atoms with van der Waals surface area (Å²) in [6.07, 6.45) is 0. The van der Waals surface area contributed by atoms with E-state index in [9.17, 15) is 9.18 Å². The molecule has 0 radical (unpaired) electrons. The van der Waals surface area contributed by atoms with Crippen molar-refractivity contribution in [3.63, 3.8) is 0 Å². The van der Waals surface area contributed by atoms with Crippen LogP contribution < -0.4 is 10.6 Å². The molecule has 2 aromatic rings. The van der Waals surface area contributed by atoms with Crippen LogP contribution in [0.5, 0.6) is 0 Å². The summed E-state index contributed by atoms with van der Waals surface area (Å²) < 4.78 is 13.7. The number of nitrogens with one attached hydrogen (secondary N) is 2. The molecule has 2 aromatic carbocycles. The third-order valence-corrected chi connectivity index (χ3v) is 3.82. The maximum absolute atomic E-state index is 13.7. The average Bonchev–Trinajstić information content (AvgIpc) is 2.50. The number of rotatable bonds is 5. The lowest BCUT2D eigenvalue weighted by molar-refractivity contribution is -0.115. The van der Waals surface area contributed by atoms with E-state index in [-0.39, 0.29) is 24.3 Å². The summed E-state index contributed by atoms with van der Waals surface area (Å²) in [5.41, 5.74) is 3.55. The van der Waals surface area contributed by atoms with Gasteiger partial charge < -0.3 is 10.6 Å². The summed E-state index contributed by atoms with van der Waals surface area (Å²) in [6.45, 7) is 5.94. The Morgan fingerprint density at radius 1 is 1.14 bits per heavy atom. The van der Waals surface area contributed by atoms with E-state index in [4.69, 9.17) is 0 Å². The third-order valence-electron chi connectivity index (χ3n) is 3.82. The van der Waals surface area contributed by atoms with Crippen LogP contribution in [0.25, 0.3) is 0 Å². The first kappa shape index (κ1) is 16.2. The Balaban J connectivity index is 1.93. The molecule has 1 amide bonds. The zero-order chi connectivity index (χ0) is 16.1. The van der Waals surface area contributed by atoms with Crippen molar-refractivity contribution >= 4 is 11.6 Å². The van der Waals surface area contributed by atoms with E-state index in [1.807, 2.05) is 39.0 Å². The van der Waals surface area contributed by atoms with Gasteiger partial charge in [0, 0.05) is 17.3 Å². The molecule has 4 heteroatoms. The first-order valence-electron chi connectivity index (χ1n) is 7.33. The summed E-state index contributed by atoms with van der Waals surface area (Å²) in [7, 11) is 0. The molecule has 0 aromatic heterocycles. The minimum Gasteiger partial charge on any atom is -0.325 e. The van der Waals surface area contributed by atoms with Gasteiger partial charge in [-0.05, 0) is 44.0 Å². The van der Waals surface area contributed by atoms with Crippen molar-refractivity contribution in [1.82, 2.24) is 5.32 Å². The van der Waals surface area contributed by atoms with Gasteiger partial charge in [0.2, 0.25) is 5.91 Å². The van der Waals surface area contributed by atoms with E-state index in [2.05, 4.69) is 10.6 Å². The lowest BCUT2D eigenvalue weighted by Gasteiger charge is -2.15. The quantitative estimate of drug-likeness (QED) is 0.883. The van der Waals surface area contributed by atoms with Gasteiger partial charge in [-0.2, -0.15) is 0 Å². The van der Waals surface area contributed by atoms with Gasteiger partial charge in [0.1, 0.15) is 5.82 Å². The largest absolute Gasteiger partial charge is 0.325 e. The zero-order valence-corrected chi connectivity index (χ0v) is 13.1. The molecule has 0 aliphatic rings. The molecule has 0 aliphatic carbocycles. The number of amides is 1. The first-order valence-corrected chi connectivity index (χ1v) is 7.33. The van der Waals surface area contributed by atoms with Crippen LogP contribution in [0.3, 0.4) is 0 Å². The highest BCUT2D eigenvalue weighted by Gasteiger charge is 2.12. The van der Waals surface area contributed by atoms with Gasteiger partial charge in [0.15, 0.2) is 0 Å². The third kappa shape index (κ3) is 3.92. The van der Waals surface area contributed by atoms with Gasteiger partial charge in [0.25, 0.3) is 0 Å². The van der Waals surface area contributed by atoms with Gasteiger partial charge in [-0.15, -0.1) is 0 Å². The fourth-order valence-corrected chi connectivity index (χ4v) is 2.26. The van der Waals surface area contributed by atoms with Crippen molar-refractivity contribution in [2.24, 2.45) is 0 Å². The minimum atomic E-state index is -0.266. The van der Waals surface area contributed by atoms with E-state index in [1.165, 1.54) is 6.07 Å². The monoisotopic (exact) mass is 300 g/mol. The van der Waals surface area contributed by atoms with E-state index in [1.54, 1.807) is 18.2 Å². The van der Waals surface area contributed by atoms with Crippen molar-refractivity contribution in [2.45, 2.75) is 26.8 Å². The number of carbonyl (C=O) groups excluding carboxylic acids is 1. The molecule has 116 valence electrons. The van der Waals surface area contributed by atoms with Crippen molar-refractivity contribution < 1.29 is 9.18 Å². The number of anilines is 1. The molecule has 0 spiro atoms. The summed E-state index contributed by atoms with van der Waals surface area (Å²) in [5, 5.41) is 5.92. The van der Waals surface area contributed by atoms with Crippen molar-refractivity contribution in [2.75, 3.05) is 11.9 Å². The molecule has 1 unspecified atom stereocenters. The number of hydrogen-bond donors (Lipinski definition) is 2. The number of carbonyl (C=O) groups is 1. The van der Waals surface area contributed by atoms with Crippen LogP contribution in [-0.4, -0.2) is 12.5 Å². The fraction of sp³-hybridized carbons (Fsp3) is 0.278. The highest BCUT2D eigenvalue weighted by molar-refractivity contribution is 5.93. The Bertz CT molecular complexity index is 670. The molecule has 0 saturated carbocycles. The lowest BCUT2D eigenvalue weighted by Crippen LogP contribution is -2.30. The molecule has 0 fully saturated rings. The van der Waals surface area contributed by atoms with Crippen molar-refractivity contribution in [3.8, 4) is 0 Å². The number of hydrogen-bond acceptors (Lipinski definition) is 2. The van der Waals surface area contributed by atoms with E-state index < -0.39 is 0 Å². The van der Waals surface area contributed by atoms with Crippen LogP contribution in [0.2, 0.25) is 0 Å². The molecule has 2 N–H and O–H groups in total. The predicted octanol–water partition coefficient (Wildman–Crippen LogP) is 3.73. The Hall–Kier alpha value is -2.20. The van der Waals surface area contributed by atoms with Crippen molar-refractivity contribution in [1.29, 1.82) is 0 Å². The Morgan fingerprint density at radius 3 is 2.59 bits per heavy atom. The zero-order valence-electron chi connectivity index (χ0n) is 13.1. The topological polar surface area (TPSA) is 41.1 Å². The number of halogens is 1. The van der Waals surface area contributed by atoms with Gasteiger partial charge >= 0.3 is 0 Å². The second-order valence-electron chi connectivity index (χ2n) is 5.42. The normalized spacial score (nSPS) is 12.0. The summed E-state index contributed by atoms with van der Waals surface area (Å²) >= 11 is 0. The second-order valence-corrected chi connectivity index (χ2v) is 5.42. The second kappa shape index (κ2) is 7.18. The highest BCUT2D eigenvalue weighted by Crippen LogP contribution is 2.18. The predicted molar refractivity (Wildman–Crippen MR) is 87.4 cm³/mol. The van der Waals surface area contributed by atoms with E-state index in [0.717, 1.165) is 16.8 Å². The Labute approximate surface area is 130 Å². The molecular formula is C18H21FN2O. The van der Waals surface area contributed by atoms with Gasteiger partial charge in [-0.25, -0.2) is 4.39 Å². The van der Waals surface area contributed by atoms with E-state index in [0.29, 0.717) is 5.56 Å². The lowest BCUT2D eigenvalue weighted by atomic mass is 10.1. The van der Waals surface area contributed by atoms with Crippen LogP contribution in [0.15, 0.2) is 42.5 Å². The Kier molecular flexibility index (Phi) is 5.28. The standard InChI is InChI=1S/C18H21FN2O/c1-12-7-6-10-17(13(12)2)21-18(22)11-20-14(3)15-8-4-5-9-16(15)19/h4-10,14,20H,11H2,1-3H3,(H,21,22). The molecule has 0 heterocycles. The number of aryl methyl sites for hydroxylation is 1. The maximum Gasteiger partial charge on any atom is 0.238 e. The summed E-state index contributed by atoms with van der Waals surface area (Å²) in [6, 6.07) is 12.1. The fourth-order valence-electron chi connectivity index (χ4n) is 2.26. The molecule has 0 aliphatic heterocycles. The minimum absolute atomic E-state index is 0.128. The molecule has 3 nitrogen and oxygen atoms in total. The number of benzene rings is 2. The Morgan fingerprint density at radius 2 is 1.86 bits per heavy atom. The molecule has 0 saturated heterocycles. The van der Waals surface area contributed by atoms with Crippen LogP contribution in [0, 0.1) is 19.7 Å². The molecule has 1 atom stereocenters. The van der Waals surface area contributed by atoms with Crippen LogP contribution in [-0.2, 0) is 4.79 Å². The maximum atomic E-state index is 13.7. The smallest absolute Gasteiger partial charge is 0.238 e. The molecule has 2 rings (SSSR count). The van der Waals surface area contributed by atoms with Gasteiger partial charge in [0.05, 0.1) is 6.54 Å². The van der Waals surface area contributed by atoms with Crippen LogP contribution in [0.1, 0.15) is 29.7 Å². The molecule has 0 bridgehead atoms.